The third-order valence-corrected chi connectivity index (χ3v) is 5.54. The standard InChI is InChI=1S/C22H26N4O3/c1-3-24-10-12-25(13-11-24)17-8-9-18(16(2)14-17)23-21(27)15-26-19-6-4-5-7-20(19)29-22(26)28/h4-9,14H,3,10-13,15H2,1-2H3,(H,23,27). The molecular weight excluding hydrogens is 368 g/mol. The molecule has 0 saturated carbocycles. The zero-order valence-corrected chi connectivity index (χ0v) is 16.9. The summed E-state index contributed by atoms with van der Waals surface area (Å²) >= 11 is 0. The van der Waals surface area contributed by atoms with Crippen LogP contribution in [-0.4, -0.2) is 48.1 Å². The van der Waals surface area contributed by atoms with E-state index in [0.29, 0.717) is 11.1 Å². The molecule has 1 amide bonds. The molecular formula is C22H26N4O3. The minimum absolute atomic E-state index is 0.0873. The Morgan fingerprint density at radius 1 is 1.10 bits per heavy atom. The first-order valence-electron chi connectivity index (χ1n) is 10.0. The Labute approximate surface area is 169 Å². The lowest BCUT2D eigenvalue weighted by molar-refractivity contribution is -0.116. The highest BCUT2D eigenvalue weighted by molar-refractivity contribution is 5.92. The average molecular weight is 394 g/mol. The van der Waals surface area contributed by atoms with E-state index in [0.717, 1.165) is 44.0 Å². The first-order valence-corrected chi connectivity index (χ1v) is 10.0. The number of benzene rings is 2. The van der Waals surface area contributed by atoms with E-state index in [1.165, 1.54) is 10.3 Å². The molecule has 2 aromatic carbocycles. The van der Waals surface area contributed by atoms with Gasteiger partial charge >= 0.3 is 5.76 Å². The summed E-state index contributed by atoms with van der Waals surface area (Å²) in [6.07, 6.45) is 0. The van der Waals surface area contributed by atoms with Crippen molar-refractivity contribution in [3.8, 4) is 0 Å². The highest BCUT2D eigenvalue weighted by atomic mass is 16.4. The Balaban J connectivity index is 1.44. The molecule has 1 aromatic heterocycles. The molecule has 2 heterocycles. The number of oxazole rings is 1. The van der Waals surface area contributed by atoms with Gasteiger partial charge in [-0.1, -0.05) is 19.1 Å². The summed E-state index contributed by atoms with van der Waals surface area (Å²) < 4.78 is 6.54. The van der Waals surface area contributed by atoms with Crippen molar-refractivity contribution in [2.24, 2.45) is 0 Å². The summed E-state index contributed by atoms with van der Waals surface area (Å²) in [4.78, 5) is 29.4. The van der Waals surface area contributed by atoms with E-state index in [4.69, 9.17) is 4.42 Å². The summed E-state index contributed by atoms with van der Waals surface area (Å²) in [6.45, 7) is 9.34. The first-order chi connectivity index (χ1) is 14.0. The van der Waals surface area contributed by atoms with Gasteiger partial charge in [0.05, 0.1) is 5.52 Å². The van der Waals surface area contributed by atoms with Crippen LogP contribution in [0.15, 0.2) is 51.7 Å². The van der Waals surface area contributed by atoms with E-state index >= 15 is 0 Å². The molecule has 0 spiro atoms. The van der Waals surface area contributed by atoms with E-state index in [-0.39, 0.29) is 12.5 Å². The molecule has 3 aromatic rings. The number of piperazine rings is 1. The Morgan fingerprint density at radius 2 is 1.86 bits per heavy atom. The minimum atomic E-state index is -0.528. The third kappa shape index (κ3) is 4.05. The second-order valence-electron chi connectivity index (χ2n) is 7.39. The summed E-state index contributed by atoms with van der Waals surface area (Å²) in [5, 5.41) is 2.92. The smallest absolute Gasteiger partial charge is 0.408 e. The Hall–Kier alpha value is -3.06. The molecule has 0 unspecified atom stereocenters. The van der Waals surface area contributed by atoms with Crippen molar-refractivity contribution < 1.29 is 9.21 Å². The van der Waals surface area contributed by atoms with Crippen molar-refractivity contribution in [3.05, 3.63) is 58.6 Å². The number of amides is 1. The molecule has 152 valence electrons. The quantitative estimate of drug-likeness (QED) is 0.721. The highest BCUT2D eigenvalue weighted by Gasteiger charge is 2.17. The number of fused-ring (bicyclic) bond motifs is 1. The highest BCUT2D eigenvalue weighted by Crippen LogP contribution is 2.24. The number of likely N-dealkylation sites (N-methyl/N-ethyl adjacent to an activating group) is 1. The molecule has 0 aliphatic carbocycles. The zero-order chi connectivity index (χ0) is 20.4. The topological polar surface area (TPSA) is 70.7 Å². The maximum atomic E-state index is 12.6. The van der Waals surface area contributed by atoms with Crippen molar-refractivity contribution in [2.75, 3.05) is 42.9 Å². The molecule has 1 aliphatic rings. The van der Waals surface area contributed by atoms with Gasteiger partial charge in [0.1, 0.15) is 6.54 Å². The van der Waals surface area contributed by atoms with Crippen LogP contribution in [0.3, 0.4) is 0 Å². The third-order valence-electron chi connectivity index (χ3n) is 5.54. The summed E-state index contributed by atoms with van der Waals surface area (Å²) in [6, 6.07) is 13.2. The maximum Gasteiger partial charge on any atom is 0.420 e. The van der Waals surface area contributed by atoms with Gasteiger partial charge in [0.15, 0.2) is 5.58 Å². The Morgan fingerprint density at radius 3 is 2.59 bits per heavy atom. The van der Waals surface area contributed by atoms with Gasteiger partial charge in [0, 0.05) is 37.6 Å². The number of hydrogen-bond acceptors (Lipinski definition) is 5. The molecule has 7 heteroatoms. The predicted octanol–water partition coefficient (Wildman–Crippen LogP) is 2.68. The normalized spacial score (nSPS) is 15.0. The molecule has 4 rings (SSSR count). The van der Waals surface area contributed by atoms with E-state index < -0.39 is 5.76 Å². The number of anilines is 2. The molecule has 1 aliphatic heterocycles. The summed E-state index contributed by atoms with van der Waals surface area (Å²) in [7, 11) is 0. The van der Waals surface area contributed by atoms with Crippen molar-refractivity contribution in [2.45, 2.75) is 20.4 Å². The second kappa shape index (κ2) is 8.13. The van der Waals surface area contributed by atoms with Crippen molar-refractivity contribution >= 4 is 28.4 Å². The molecule has 7 nitrogen and oxygen atoms in total. The van der Waals surface area contributed by atoms with Gasteiger partial charge in [-0.05, 0) is 49.4 Å². The number of aryl methyl sites for hydroxylation is 1. The summed E-state index contributed by atoms with van der Waals surface area (Å²) in [5.74, 6) is -0.786. The van der Waals surface area contributed by atoms with Gasteiger partial charge in [-0.25, -0.2) is 4.79 Å². The van der Waals surface area contributed by atoms with Gasteiger partial charge in [-0.15, -0.1) is 0 Å². The van der Waals surface area contributed by atoms with E-state index in [1.807, 2.05) is 25.1 Å². The molecule has 0 atom stereocenters. The van der Waals surface area contributed by atoms with Gasteiger partial charge in [-0.2, -0.15) is 0 Å². The number of aromatic nitrogens is 1. The van der Waals surface area contributed by atoms with Gasteiger partial charge in [-0.3, -0.25) is 9.36 Å². The minimum Gasteiger partial charge on any atom is -0.408 e. The molecule has 1 saturated heterocycles. The molecule has 1 fully saturated rings. The lowest BCUT2D eigenvalue weighted by Crippen LogP contribution is -2.46. The van der Waals surface area contributed by atoms with Crippen LogP contribution < -0.4 is 16.0 Å². The number of nitrogens with one attached hydrogen (secondary N) is 1. The van der Waals surface area contributed by atoms with E-state index in [1.54, 1.807) is 18.2 Å². The van der Waals surface area contributed by atoms with E-state index in [2.05, 4.69) is 28.1 Å². The van der Waals surface area contributed by atoms with Crippen LogP contribution >= 0.6 is 0 Å². The van der Waals surface area contributed by atoms with Crippen LogP contribution in [0.2, 0.25) is 0 Å². The Bertz CT molecular complexity index is 1080. The molecule has 29 heavy (non-hydrogen) atoms. The second-order valence-corrected chi connectivity index (χ2v) is 7.39. The number of carbonyl (C=O) groups is 1. The largest absolute Gasteiger partial charge is 0.420 e. The van der Waals surface area contributed by atoms with Gasteiger partial charge in [0.2, 0.25) is 5.91 Å². The fourth-order valence-corrected chi connectivity index (χ4v) is 3.80. The molecule has 0 radical (unpaired) electrons. The number of para-hydroxylation sites is 2. The number of hydrogen-bond donors (Lipinski definition) is 1. The SMILES string of the molecule is CCN1CCN(c2ccc(NC(=O)Cn3c(=O)oc4ccccc43)c(C)c2)CC1. The Kier molecular flexibility index (Phi) is 5.40. The van der Waals surface area contributed by atoms with E-state index in [9.17, 15) is 9.59 Å². The van der Waals surface area contributed by atoms with Crippen LogP contribution in [0.4, 0.5) is 11.4 Å². The number of rotatable bonds is 5. The fraction of sp³-hybridized carbons (Fsp3) is 0.364. The van der Waals surface area contributed by atoms with Crippen LogP contribution in [0.25, 0.3) is 11.1 Å². The fourth-order valence-electron chi connectivity index (χ4n) is 3.80. The van der Waals surface area contributed by atoms with Crippen LogP contribution in [-0.2, 0) is 11.3 Å². The monoisotopic (exact) mass is 394 g/mol. The van der Waals surface area contributed by atoms with Crippen molar-refractivity contribution in [1.82, 2.24) is 9.47 Å². The maximum absolute atomic E-state index is 12.6. The average Bonchev–Trinajstić information content (AvgIpc) is 3.05. The lowest BCUT2D eigenvalue weighted by Gasteiger charge is -2.35. The van der Waals surface area contributed by atoms with Crippen molar-refractivity contribution in [3.63, 3.8) is 0 Å². The number of nitrogens with zero attached hydrogens (tertiary/aromatic N) is 3. The lowest BCUT2D eigenvalue weighted by atomic mass is 10.1. The first kappa shape index (κ1) is 19.3. The van der Waals surface area contributed by atoms with Gasteiger partial charge < -0.3 is 19.5 Å². The van der Waals surface area contributed by atoms with Crippen LogP contribution in [0, 0.1) is 6.92 Å². The zero-order valence-electron chi connectivity index (χ0n) is 16.9. The molecule has 0 bridgehead atoms. The van der Waals surface area contributed by atoms with Crippen molar-refractivity contribution in [1.29, 1.82) is 0 Å². The molecule has 1 N–H and O–H groups in total. The summed E-state index contributed by atoms with van der Waals surface area (Å²) in [5.41, 5.74) is 4.03. The number of carbonyl (C=O) groups excluding carboxylic acids is 1. The van der Waals surface area contributed by atoms with Crippen LogP contribution in [0.1, 0.15) is 12.5 Å². The van der Waals surface area contributed by atoms with Crippen LogP contribution in [0.5, 0.6) is 0 Å². The predicted molar refractivity (Wildman–Crippen MR) is 115 cm³/mol. The van der Waals surface area contributed by atoms with Gasteiger partial charge in [0.25, 0.3) is 0 Å².